The molecule has 90 valence electrons. The first-order chi connectivity index (χ1) is 8.35. The summed E-state index contributed by atoms with van der Waals surface area (Å²) in [5.41, 5.74) is 7.10. The van der Waals surface area contributed by atoms with Crippen molar-refractivity contribution in [3.63, 3.8) is 0 Å². The first-order valence-electron chi connectivity index (χ1n) is 5.37. The molecule has 0 aliphatic rings. The number of hydrogen-bond acceptors (Lipinski definition) is 5. The van der Waals surface area contributed by atoms with Crippen molar-refractivity contribution in [1.82, 2.24) is 4.98 Å². The van der Waals surface area contributed by atoms with Gasteiger partial charge in [-0.1, -0.05) is 24.8 Å². The van der Waals surface area contributed by atoms with E-state index in [1.165, 1.54) is 15.4 Å². The number of rotatable bonds is 5. The average molecular weight is 282 g/mol. The largest absolute Gasteiger partial charge is 0.326 e. The quantitative estimate of drug-likeness (QED) is 0.845. The van der Waals surface area contributed by atoms with Gasteiger partial charge in [-0.05, 0) is 23.4 Å². The Labute approximate surface area is 114 Å². The van der Waals surface area contributed by atoms with Crippen LogP contribution in [0.2, 0.25) is 0 Å². The van der Waals surface area contributed by atoms with Gasteiger partial charge < -0.3 is 5.73 Å². The summed E-state index contributed by atoms with van der Waals surface area (Å²) < 4.78 is 1.07. The molecule has 1 heterocycles. The van der Waals surface area contributed by atoms with E-state index >= 15 is 0 Å². The number of hydrogen-bond donors (Lipinski definition) is 1. The summed E-state index contributed by atoms with van der Waals surface area (Å²) in [7, 11) is 0. The molecule has 2 aromatic rings. The Balaban J connectivity index is 2.29. The third-order valence-electron chi connectivity index (χ3n) is 2.20. The predicted molar refractivity (Wildman–Crippen MR) is 77.0 cm³/mol. The van der Waals surface area contributed by atoms with Gasteiger partial charge in [0, 0.05) is 27.9 Å². The molecule has 2 rings (SSSR count). The van der Waals surface area contributed by atoms with Crippen molar-refractivity contribution in [3.05, 3.63) is 35.3 Å². The lowest BCUT2D eigenvalue weighted by Crippen LogP contribution is -2.00. The van der Waals surface area contributed by atoms with Crippen LogP contribution in [-0.2, 0) is 6.54 Å². The molecular weight excluding hydrogens is 268 g/mol. The van der Waals surface area contributed by atoms with Gasteiger partial charge in [-0.2, -0.15) is 0 Å². The smallest absolute Gasteiger partial charge is 0.154 e. The zero-order valence-electron chi connectivity index (χ0n) is 9.55. The Kier molecular flexibility index (Phi) is 4.91. The van der Waals surface area contributed by atoms with E-state index in [0.29, 0.717) is 6.54 Å². The number of thioether (sulfide) groups is 1. The Bertz CT molecular complexity index is 469. The van der Waals surface area contributed by atoms with Crippen molar-refractivity contribution in [2.75, 3.05) is 5.75 Å². The van der Waals surface area contributed by atoms with E-state index in [1.807, 2.05) is 23.3 Å². The van der Waals surface area contributed by atoms with Crippen molar-refractivity contribution in [2.24, 2.45) is 5.73 Å². The van der Waals surface area contributed by atoms with Crippen LogP contribution in [0.4, 0.5) is 0 Å². The highest BCUT2D eigenvalue weighted by Gasteiger charge is 2.09. The summed E-state index contributed by atoms with van der Waals surface area (Å²) in [6.45, 7) is 2.74. The SMILES string of the molecule is CCSc1cccc(Sc2nccs2)c1CN. The second-order valence-electron chi connectivity index (χ2n) is 3.27. The average Bonchev–Trinajstić information content (AvgIpc) is 2.83. The van der Waals surface area contributed by atoms with Gasteiger partial charge in [0.05, 0.1) is 0 Å². The Morgan fingerprint density at radius 1 is 1.35 bits per heavy atom. The van der Waals surface area contributed by atoms with Gasteiger partial charge in [0.25, 0.3) is 0 Å². The van der Waals surface area contributed by atoms with Crippen molar-refractivity contribution in [3.8, 4) is 0 Å². The molecule has 0 saturated heterocycles. The number of aromatic nitrogens is 1. The molecule has 0 radical (unpaired) electrons. The molecule has 0 bridgehead atoms. The fourth-order valence-electron chi connectivity index (χ4n) is 1.49. The van der Waals surface area contributed by atoms with E-state index in [2.05, 4.69) is 30.1 Å². The minimum atomic E-state index is 0.580. The third kappa shape index (κ3) is 3.25. The summed E-state index contributed by atoms with van der Waals surface area (Å²) in [4.78, 5) is 6.81. The van der Waals surface area contributed by atoms with E-state index < -0.39 is 0 Å². The maximum atomic E-state index is 5.87. The fourth-order valence-corrected chi connectivity index (χ4v) is 4.16. The molecule has 1 aromatic carbocycles. The zero-order chi connectivity index (χ0) is 12.1. The van der Waals surface area contributed by atoms with Crippen molar-refractivity contribution in [2.45, 2.75) is 27.6 Å². The standard InChI is InChI=1S/C12H14N2S3/c1-2-15-10-4-3-5-11(9(10)8-13)17-12-14-6-7-16-12/h3-7H,2,8,13H2,1H3. The van der Waals surface area contributed by atoms with Gasteiger partial charge in [0.2, 0.25) is 0 Å². The Morgan fingerprint density at radius 2 is 2.18 bits per heavy atom. The number of thiazole rings is 1. The summed E-state index contributed by atoms with van der Waals surface area (Å²) >= 11 is 5.20. The van der Waals surface area contributed by atoms with Crippen LogP contribution in [0.3, 0.4) is 0 Å². The van der Waals surface area contributed by atoms with Crippen LogP contribution >= 0.6 is 34.9 Å². The molecule has 0 fully saturated rings. The van der Waals surface area contributed by atoms with Crippen LogP contribution < -0.4 is 5.73 Å². The molecule has 0 amide bonds. The highest BCUT2D eigenvalue weighted by atomic mass is 32.2. The second kappa shape index (κ2) is 6.44. The lowest BCUT2D eigenvalue weighted by atomic mass is 10.2. The summed E-state index contributed by atoms with van der Waals surface area (Å²) in [6, 6.07) is 6.35. The normalized spacial score (nSPS) is 10.7. The summed E-state index contributed by atoms with van der Waals surface area (Å²) in [5.74, 6) is 1.07. The molecule has 5 heteroatoms. The first kappa shape index (κ1) is 13.0. The van der Waals surface area contributed by atoms with E-state index in [-0.39, 0.29) is 0 Å². The Hall–Kier alpha value is -0.490. The molecule has 0 aliphatic heterocycles. The zero-order valence-corrected chi connectivity index (χ0v) is 12.0. The van der Waals surface area contributed by atoms with Crippen LogP contribution in [-0.4, -0.2) is 10.7 Å². The molecule has 2 N–H and O–H groups in total. The molecular formula is C12H14N2S3. The van der Waals surface area contributed by atoms with Crippen molar-refractivity contribution >= 4 is 34.9 Å². The van der Waals surface area contributed by atoms with Crippen LogP contribution in [0.1, 0.15) is 12.5 Å². The minimum Gasteiger partial charge on any atom is -0.326 e. The van der Waals surface area contributed by atoms with Crippen LogP contribution in [0.5, 0.6) is 0 Å². The monoisotopic (exact) mass is 282 g/mol. The topological polar surface area (TPSA) is 38.9 Å². The van der Waals surface area contributed by atoms with Crippen LogP contribution in [0.15, 0.2) is 43.9 Å². The maximum Gasteiger partial charge on any atom is 0.154 e. The molecule has 0 spiro atoms. The molecule has 1 aromatic heterocycles. The van der Waals surface area contributed by atoms with Gasteiger partial charge in [-0.25, -0.2) is 4.98 Å². The van der Waals surface area contributed by atoms with Gasteiger partial charge in [-0.15, -0.1) is 23.1 Å². The summed E-state index contributed by atoms with van der Waals surface area (Å²) in [5, 5.41) is 2.00. The molecule has 0 atom stereocenters. The predicted octanol–water partition coefficient (Wildman–Crippen LogP) is 3.87. The maximum absolute atomic E-state index is 5.87. The molecule has 0 unspecified atom stereocenters. The third-order valence-corrected chi connectivity index (χ3v) is 5.17. The molecule has 17 heavy (non-hydrogen) atoms. The minimum absolute atomic E-state index is 0.580. The van der Waals surface area contributed by atoms with E-state index in [0.717, 1.165) is 10.1 Å². The van der Waals surface area contributed by atoms with Crippen LogP contribution in [0.25, 0.3) is 0 Å². The molecule has 0 aliphatic carbocycles. The first-order valence-corrected chi connectivity index (χ1v) is 8.05. The van der Waals surface area contributed by atoms with E-state index in [4.69, 9.17) is 5.73 Å². The lowest BCUT2D eigenvalue weighted by Gasteiger charge is -2.10. The van der Waals surface area contributed by atoms with Gasteiger partial charge >= 0.3 is 0 Å². The van der Waals surface area contributed by atoms with Gasteiger partial charge in [0.15, 0.2) is 4.34 Å². The lowest BCUT2D eigenvalue weighted by molar-refractivity contribution is 0.979. The fraction of sp³-hybridized carbons (Fsp3) is 0.250. The van der Waals surface area contributed by atoms with Crippen molar-refractivity contribution < 1.29 is 0 Å². The number of nitrogens with two attached hydrogens (primary N) is 1. The van der Waals surface area contributed by atoms with Gasteiger partial charge in [0.1, 0.15) is 0 Å². The van der Waals surface area contributed by atoms with E-state index in [1.54, 1.807) is 23.1 Å². The van der Waals surface area contributed by atoms with E-state index in [9.17, 15) is 0 Å². The summed E-state index contributed by atoms with van der Waals surface area (Å²) in [6.07, 6.45) is 1.83. The number of benzene rings is 1. The van der Waals surface area contributed by atoms with Crippen LogP contribution in [0, 0.1) is 0 Å². The number of nitrogens with zero attached hydrogens (tertiary/aromatic N) is 1. The second-order valence-corrected chi connectivity index (χ2v) is 6.76. The highest BCUT2D eigenvalue weighted by Crippen LogP contribution is 2.35. The van der Waals surface area contributed by atoms with Gasteiger partial charge in [-0.3, -0.25) is 0 Å². The molecule has 2 nitrogen and oxygen atoms in total. The molecule has 0 saturated carbocycles. The highest BCUT2D eigenvalue weighted by molar-refractivity contribution is 8.01. The van der Waals surface area contributed by atoms with Crippen molar-refractivity contribution in [1.29, 1.82) is 0 Å². The Morgan fingerprint density at radius 3 is 2.82 bits per heavy atom.